The van der Waals surface area contributed by atoms with E-state index in [1.165, 1.54) is 5.56 Å². The molecule has 1 radical (unpaired) electrons. The van der Waals surface area contributed by atoms with Crippen LogP contribution < -0.4 is 0 Å². The van der Waals surface area contributed by atoms with Crippen molar-refractivity contribution < 1.29 is 4.74 Å². The van der Waals surface area contributed by atoms with E-state index in [0.717, 1.165) is 11.1 Å². The molecule has 0 aliphatic carbocycles. The van der Waals surface area contributed by atoms with Crippen molar-refractivity contribution in [1.82, 2.24) is 0 Å². The molecule has 0 aromatic heterocycles. The maximum Gasteiger partial charge on any atom is 0.118 e. The van der Waals surface area contributed by atoms with Gasteiger partial charge in [-0.05, 0) is 25.0 Å². The Morgan fingerprint density at radius 3 is 1.94 bits per heavy atom. The number of ether oxygens (including phenoxy) is 1. The topological polar surface area (TPSA) is 9.23 Å². The fourth-order valence-electron chi connectivity index (χ4n) is 1.93. The fourth-order valence-corrected chi connectivity index (χ4v) is 1.93. The van der Waals surface area contributed by atoms with Gasteiger partial charge < -0.3 is 4.74 Å². The fraction of sp³-hybridized carbons (Fsp3) is 0.188. The second-order valence-electron chi connectivity index (χ2n) is 4.26. The quantitative estimate of drug-likeness (QED) is 0.773. The summed E-state index contributed by atoms with van der Waals surface area (Å²) in [6, 6.07) is 18.4. The predicted molar refractivity (Wildman–Crippen MR) is 70.8 cm³/mol. The first-order chi connectivity index (χ1) is 8.16. The first-order valence-corrected chi connectivity index (χ1v) is 5.70. The van der Waals surface area contributed by atoms with Crippen molar-refractivity contribution in [3.63, 3.8) is 0 Å². The zero-order chi connectivity index (χ0) is 12.3. The molecule has 0 N–H and O–H groups in total. The molecule has 0 bridgehead atoms. The van der Waals surface area contributed by atoms with Gasteiger partial charge in [-0.3, -0.25) is 0 Å². The van der Waals surface area contributed by atoms with Crippen LogP contribution in [0.1, 0.15) is 16.7 Å². The van der Waals surface area contributed by atoms with Crippen LogP contribution in [-0.4, -0.2) is 7.11 Å². The summed E-state index contributed by atoms with van der Waals surface area (Å²) >= 11 is 0. The molecule has 0 aliphatic rings. The lowest BCUT2D eigenvalue weighted by molar-refractivity contribution is 0.0629. The molecule has 1 nitrogen and oxygen atoms in total. The van der Waals surface area contributed by atoms with Crippen molar-refractivity contribution >= 4 is 0 Å². The van der Waals surface area contributed by atoms with Crippen LogP contribution in [0.15, 0.2) is 54.6 Å². The average molecular weight is 225 g/mol. The lowest BCUT2D eigenvalue weighted by Crippen LogP contribution is -2.26. The van der Waals surface area contributed by atoms with E-state index in [1.54, 1.807) is 7.11 Å². The van der Waals surface area contributed by atoms with Gasteiger partial charge >= 0.3 is 0 Å². The molecule has 0 spiro atoms. The lowest BCUT2D eigenvalue weighted by atomic mass is 9.87. The molecule has 0 heterocycles. The molecule has 17 heavy (non-hydrogen) atoms. The van der Waals surface area contributed by atoms with Crippen LogP contribution >= 0.6 is 0 Å². The summed E-state index contributed by atoms with van der Waals surface area (Å²) in [4.78, 5) is 0. The van der Waals surface area contributed by atoms with Gasteiger partial charge in [0.25, 0.3) is 0 Å². The van der Waals surface area contributed by atoms with Crippen LogP contribution in [-0.2, 0) is 10.3 Å². The minimum absolute atomic E-state index is 0.630. The van der Waals surface area contributed by atoms with E-state index in [0.29, 0.717) is 0 Å². The summed E-state index contributed by atoms with van der Waals surface area (Å²) in [7, 11) is 1.69. The zero-order valence-corrected chi connectivity index (χ0v) is 10.3. The van der Waals surface area contributed by atoms with E-state index in [1.807, 2.05) is 30.3 Å². The van der Waals surface area contributed by atoms with Crippen molar-refractivity contribution in [3.05, 3.63) is 78.2 Å². The van der Waals surface area contributed by atoms with Gasteiger partial charge in [0.05, 0.1) is 0 Å². The Kier molecular flexibility index (Phi) is 3.30. The van der Waals surface area contributed by atoms with Gasteiger partial charge in [-0.25, -0.2) is 0 Å². The molecule has 0 amide bonds. The molecule has 1 unspecified atom stereocenters. The SMILES string of the molecule is [CH2]C(OC)(c1ccccc1)c1ccc(C)cc1. The van der Waals surface area contributed by atoms with E-state index in [-0.39, 0.29) is 0 Å². The van der Waals surface area contributed by atoms with Crippen molar-refractivity contribution in [2.75, 3.05) is 7.11 Å². The van der Waals surface area contributed by atoms with Gasteiger partial charge in [-0.1, -0.05) is 60.2 Å². The standard InChI is InChI=1S/C16H17O/c1-13-9-11-15(12-10-13)16(2,17-3)14-7-5-4-6-8-14/h4-12H,2H2,1,3H3. The summed E-state index contributed by atoms with van der Waals surface area (Å²) < 4.78 is 5.64. The van der Waals surface area contributed by atoms with Gasteiger partial charge in [0.15, 0.2) is 0 Å². The average Bonchev–Trinajstić information content (AvgIpc) is 2.40. The monoisotopic (exact) mass is 225 g/mol. The normalized spacial score (nSPS) is 14.3. The molecule has 0 saturated carbocycles. The summed E-state index contributed by atoms with van der Waals surface area (Å²) in [5.41, 5.74) is 2.73. The second kappa shape index (κ2) is 4.72. The van der Waals surface area contributed by atoms with E-state index in [9.17, 15) is 0 Å². The Morgan fingerprint density at radius 1 is 0.882 bits per heavy atom. The highest BCUT2D eigenvalue weighted by Crippen LogP contribution is 2.32. The Morgan fingerprint density at radius 2 is 1.41 bits per heavy atom. The van der Waals surface area contributed by atoms with Crippen molar-refractivity contribution in [2.24, 2.45) is 0 Å². The minimum atomic E-state index is -0.630. The number of methoxy groups -OCH3 is 1. The predicted octanol–water partition coefficient (Wildman–Crippen LogP) is 3.72. The smallest absolute Gasteiger partial charge is 0.118 e. The van der Waals surface area contributed by atoms with Crippen LogP contribution in [0, 0.1) is 13.8 Å². The van der Waals surface area contributed by atoms with E-state index >= 15 is 0 Å². The Bertz CT molecular complexity index is 473. The molecule has 0 aliphatic heterocycles. The Hall–Kier alpha value is -1.60. The maximum absolute atomic E-state index is 5.64. The van der Waals surface area contributed by atoms with Gasteiger partial charge in [0.1, 0.15) is 5.60 Å². The number of hydrogen-bond acceptors (Lipinski definition) is 1. The molecule has 0 saturated heterocycles. The number of hydrogen-bond donors (Lipinski definition) is 0. The number of aryl methyl sites for hydroxylation is 1. The van der Waals surface area contributed by atoms with Gasteiger partial charge in [-0.15, -0.1) is 0 Å². The van der Waals surface area contributed by atoms with Crippen LogP contribution in [0.2, 0.25) is 0 Å². The maximum atomic E-state index is 5.64. The second-order valence-corrected chi connectivity index (χ2v) is 4.26. The van der Waals surface area contributed by atoms with E-state index in [2.05, 4.69) is 38.1 Å². The highest BCUT2D eigenvalue weighted by molar-refractivity contribution is 5.38. The van der Waals surface area contributed by atoms with E-state index in [4.69, 9.17) is 4.74 Å². The van der Waals surface area contributed by atoms with Crippen molar-refractivity contribution in [3.8, 4) is 0 Å². The largest absolute Gasteiger partial charge is 0.369 e. The molecule has 0 fully saturated rings. The van der Waals surface area contributed by atoms with Gasteiger partial charge in [0.2, 0.25) is 0 Å². The Balaban J connectivity index is 2.48. The van der Waals surface area contributed by atoms with Crippen LogP contribution in [0.25, 0.3) is 0 Å². The third kappa shape index (κ3) is 2.25. The summed E-state index contributed by atoms with van der Waals surface area (Å²) in [5, 5.41) is 0. The van der Waals surface area contributed by atoms with Crippen LogP contribution in [0.4, 0.5) is 0 Å². The summed E-state index contributed by atoms with van der Waals surface area (Å²) in [6.07, 6.45) is 0. The third-order valence-electron chi connectivity index (χ3n) is 3.11. The Labute approximate surface area is 103 Å². The first kappa shape index (κ1) is 11.9. The molecule has 1 heteroatoms. The van der Waals surface area contributed by atoms with Crippen molar-refractivity contribution in [2.45, 2.75) is 12.5 Å². The highest BCUT2D eigenvalue weighted by Gasteiger charge is 2.28. The molecule has 2 aromatic carbocycles. The number of benzene rings is 2. The molecule has 87 valence electrons. The first-order valence-electron chi connectivity index (χ1n) is 5.70. The highest BCUT2D eigenvalue weighted by atomic mass is 16.5. The summed E-state index contributed by atoms with van der Waals surface area (Å²) in [5.74, 6) is 0. The van der Waals surface area contributed by atoms with Crippen LogP contribution in [0.5, 0.6) is 0 Å². The molecule has 1 atom stereocenters. The van der Waals surface area contributed by atoms with Gasteiger partial charge in [-0.2, -0.15) is 0 Å². The third-order valence-corrected chi connectivity index (χ3v) is 3.11. The molecule has 2 aromatic rings. The zero-order valence-electron chi connectivity index (χ0n) is 10.3. The van der Waals surface area contributed by atoms with Crippen LogP contribution in [0.3, 0.4) is 0 Å². The summed E-state index contributed by atoms with van der Waals surface area (Å²) in [6.45, 7) is 6.31. The van der Waals surface area contributed by atoms with E-state index < -0.39 is 5.60 Å². The molecular weight excluding hydrogens is 208 g/mol. The lowest BCUT2D eigenvalue weighted by Gasteiger charge is -2.29. The number of rotatable bonds is 3. The minimum Gasteiger partial charge on any atom is -0.369 e. The van der Waals surface area contributed by atoms with Gasteiger partial charge in [0, 0.05) is 7.11 Å². The van der Waals surface area contributed by atoms with Crippen molar-refractivity contribution in [1.29, 1.82) is 0 Å². The molecule has 2 rings (SSSR count). The molecular formula is C16H17O.